The normalized spacial score (nSPS) is 25.0. The molecule has 0 bridgehead atoms. The number of rotatable bonds is 2. The van der Waals surface area contributed by atoms with Gasteiger partial charge in [0, 0.05) is 17.6 Å². The lowest BCUT2D eigenvalue weighted by atomic mass is 9.95. The number of ether oxygens (including phenoxy) is 1. The molecule has 100 valence electrons. The molecule has 0 fully saturated rings. The van der Waals surface area contributed by atoms with Crippen LogP contribution < -0.4 is 0 Å². The second kappa shape index (κ2) is 5.42. The summed E-state index contributed by atoms with van der Waals surface area (Å²) in [5.41, 5.74) is 0.165. The first-order valence-electron chi connectivity index (χ1n) is 5.66. The number of allylic oxidation sites excluding steroid dienone is 3. The summed E-state index contributed by atoms with van der Waals surface area (Å²) >= 11 is 0. The summed E-state index contributed by atoms with van der Waals surface area (Å²) in [5.74, 6) is -0.403. The van der Waals surface area contributed by atoms with Gasteiger partial charge in [0.1, 0.15) is 5.76 Å². The molecule has 0 saturated carbocycles. The SMILES string of the molecule is C/C=C1/C=C(C(=O)CC)C(C(F)(F)F)O/C1=C/C. The Morgan fingerprint density at radius 1 is 1.39 bits per heavy atom. The highest BCUT2D eigenvalue weighted by molar-refractivity contribution is 5.97. The molecule has 0 aliphatic carbocycles. The van der Waals surface area contributed by atoms with E-state index in [2.05, 4.69) is 0 Å². The van der Waals surface area contributed by atoms with Crippen LogP contribution in [0, 0.1) is 0 Å². The lowest BCUT2D eigenvalue weighted by molar-refractivity contribution is -0.198. The van der Waals surface area contributed by atoms with Crippen molar-refractivity contribution in [3.63, 3.8) is 0 Å². The molecule has 0 saturated heterocycles. The maximum absolute atomic E-state index is 12.9. The summed E-state index contributed by atoms with van der Waals surface area (Å²) < 4.78 is 43.5. The maximum atomic E-state index is 12.9. The van der Waals surface area contributed by atoms with Gasteiger partial charge in [-0.3, -0.25) is 4.79 Å². The van der Waals surface area contributed by atoms with E-state index in [1.54, 1.807) is 19.9 Å². The fraction of sp³-hybridized carbons (Fsp3) is 0.462. The molecule has 1 atom stereocenters. The summed E-state index contributed by atoms with van der Waals surface area (Å²) in [4.78, 5) is 11.6. The van der Waals surface area contributed by atoms with Crippen LogP contribution in [-0.4, -0.2) is 18.1 Å². The minimum atomic E-state index is -4.59. The number of carbonyl (C=O) groups is 1. The van der Waals surface area contributed by atoms with Crippen LogP contribution in [0.4, 0.5) is 13.2 Å². The molecule has 0 aromatic heterocycles. The van der Waals surface area contributed by atoms with Crippen molar-refractivity contribution in [1.29, 1.82) is 0 Å². The molecule has 0 spiro atoms. The van der Waals surface area contributed by atoms with Gasteiger partial charge in [-0.05, 0) is 26.0 Å². The average molecular weight is 260 g/mol. The fourth-order valence-electron chi connectivity index (χ4n) is 1.71. The molecule has 0 aromatic rings. The Morgan fingerprint density at radius 3 is 2.39 bits per heavy atom. The van der Waals surface area contributed by atoms with Gasteiger partial charge in [0.15, 0.2) is 5.78 Å². The Balaban J connectivity index is 3.30. The van der Waals surface area contributed by atoms with Crippen molar-refractivity contribution in [1.82, 2.24) is 0 Å². The zero-order chi connectivity index (χ0) is 13.9. The smallest absolute Gasteiger partial charge is 0.429 e. The standard InChI is InChI=1S/C13H15F3O2/c1-4-8-7-9(10(17)5-2)12(13(14,15)16)18-11(8)6-3/h4,6-7,12H,5H2,1-3H3/b8-4-,11-6+. The Morgan fingerprint density at radius 2 is 2.00 bits per heavy atom. The third kappa shape index (κ3) is 2.83. The van der Waals surface area contributed by atoms with Crippen LogP contribution in [0.3, 0.4) is 0 Å². The van der Waals surface area contributed by atoms with Crippen molar-refractivity contribution in [3.8, 4) is 0 Å². The minimum Gasteiger partial charge on any atom is -0.476 e. The number of Topliss-reactive ketones (excluding diaryl/α,β-unsaturated/α-hetero) is 1. The molecule has 18 heavy (non-hydrogen) atoms. The van der Waals surface area contributed by atoms with E-state index in [0.717, 1.165) is 0 Å². The Labute approximate surface area is 104 Å². The van der Waals surface area contributed by atoms with Crippen molar-refractivity contribution in [2.45, 2.75) is 39.5 Å². The monoisotopic (exact) mass is 260 g/mol. The van der Waals surface area contributed by atoms with Crippen LogP contribution in [-0.2, 0) is 9.53 Å². The van der Waals surface area contributed by atoms with E-state index < -0.39 is 18.1 Å². The van der Waals surface area contributed by atoms with E-state index in [1.807, 2.05) is 0 Å². The highest BCUT2D eigenvalue weighted by Gasteiger charge is 2.48. The predicted octanol–water partition coefficient (Wildman–Crippen LogP) is 3.70. The van der Waals surface area contributed by atoms with Crippen LogP contribution in [0.2, 0.25) is 0 Å². The van der Waals surface area contributed by atoms with Gasteiger partial charge < -0.3 is 4.74 Å². The van der Waals surface area contributed by atoms with Crippen molar-refractivity contribution in [3.05, 3.63) is 35.1 Å². The van der Waals surface area contributed by atoms with Gasteiger partial charge in [-0.25, -0.2) is 0 Å². The van der Waals surface area contributed by atoms with Gasteiger partial charge in [0.25, 0.3) is 0 Å². The zero-order valence-corrected chi connectivity index (χ0v) is 10.5. The number of ketones is 1. The highest BCUT2D eigenvalue weighted by Crippen LogP contribution is 2.36. The molecule has 1 heterocycles. The van der Waals surface area contributed by atoms with Crippen molar-refractivity contribution < 1.29 is 22.7 Å². The number of carbonyl (C=O) groups excluding carboxylic acids is 1. The lowest BCUT2D eigenvalue weighted by Gasteiger charge is -2.29. The molecule has 1 aliphatic heterocycles. The Bertz CT molecular complexity index is 428. The molecular weight excluding hydrogens is 245 g/mol. The fourth-order valence-corrected chi connectivity index (χ4v) is 1.71. The van der Waals surface area contributed by atoms with Crippen LogP contribution >= 0.6 is 0 Å². The molecule has 0 aromatic carbocycles. The van der Waals surface area contributed by atoms with Gasteiger partial charge in [-0.15, -0.1) is 0 Å². The van der Waals surface area contributed by atoms with Gasteiger partial charge in [0.2, 0.25) is 6.10 Å². The molecular formula is C13H15F3O2. The Kier molecular flexibility index (Phi) is 4.38. The van der Waals surface area contributed by atoms with E-state index in [-0.39, 0.29) is 17.8 Å². The number of hydrogen-bond donors (Lipinski definition) is 0. The first-order valence-corrected chi connectivity index (χ1v) is 5.66. The molecule has 2 nitrogen and oxygen atoms in total. The molecule has 0 radical (unpaired) electrons. The Hall–Kier alpha value is -1.52. The largest absolute Gasteiger partial charge is 0.476 e. The first kappa shape index (κ1) is 14.5. The van der Waals surface area contributed by atoms with E-state index in [4.69, 9.17) is 4.74 Å². The third-order valence-electron chi connectivity index (χ3n) is 2.64. The summed E-state index contributed by atoms with van der Waals surface area (Å²) in [5, 5.41) is 0. The van der Waals surface area contributed by atoms with Gasteiger partial charge in [0.05, 0.1) is 0 Å². The third-order valence-corrected chi connectivity index (χ3v) is 2.64. The average Bonchev–Trinajstić information content (AvgIpc) is 2.34. The van der Waals surface area contributed by atoms with Crippen LogP contribution in [0.1, 0.15) is 27.2 Å². The molecule has 0 amide bonds. The predicted molar refractivity (Wildman–Crippen MR) is 61.8 cm³/mol. The quantitative estimate of drug-likeness (QED) is 0.756. The van der Waals surface area contributed by atoms with Crippen LogP contribution in [0.15, 0.2) is 35.1 Å². The van der Waals surface area contributed by atoms with Crippen LogP contribution in [0.5, 0.6) is 0 Å². The maximum Gasteiger partial charge on any atom is 0.429 e. The van der Waals surface area contributed by atoms with Gasteiger partial charge in [-0.1, -0.05) is 13.0 Å². The van der Waals surface area contributed by atoms with Gasteiger partial charge in [-0.2, -0.15) is 13.2 Å². The van der Waals surface area contributed by atoms with E-state index in [0.29, 0.717) is 5.57 Å². The van der Waals surface area contributed by atoms with Gasteiger partial charge >= 0.3 is 6.18 Å². The van der Waals surface area contributed by atoms with E-state index >= 15 is 0 Å². The highest BCUT2D eigenvalue weighted by atomic mass is 19.4. The van der Waals surface area contributed by atoms with Crippen molar-refractivity contribution >= 4 is 5.78 Å². The summed E-state index contributed by atoms with van der Waals surface area (Å²) in [6, 6.07) is 0. The molecule has 1 rings (SSSR count). The molecule has 5 heteroatoms. The summed E-state index contributed by atoms with van der Waals surface area (Å²) in [6.07, 6.45) is -2.40. The molecule has 1 aliphatic rings. The van der Waals surface area contributed by atoms with Crippen molar-refractivity contribution in [2.24, 2.45) is 0 Å². The second-order valence-corrected chi connectivity index (χ2v) is 3.81. The summed E-state index contributed by atoms with van der Waals surface area (Å²) in [7, 11) is 0. The second-order valence-electron chi connectivity index (χ2n) is 3.81. The van der Waals surface area contributed by atoms with Crippen molar-refractivity contribution in [2.75, 3.05) is 0 Å². The minimum absolute atomic E-state index is 0.0178. The number of alkyl halides is 3. The lowest BCUT2D eigenvalue weighted by Crippen LogP contribution is -2.38. The molecule has 1 unspecified atom stereocenters. The number of halogens is 3. The molecule has 0 N–H and O–H groups in total. The summed E-state index contributed by atoms with van der Waals surface area (Å²) in [6.45, 7) is 4.80. The van der Waals surface area contributed by atoms with Crippen LogP contribution in [0.25, 0.3) is 0 Å². The zero-order valence-electron chi connectivity index (χ0n) is 10.5. The first-order chi connectivity index (χ1) is 8.35. The van der Waals surface area contributed by atoms with E-state index in [9.17, 15) is 18.0 Å². The number of hydrogen-bond acceptors (Lipinski definition) is 2. The van der Waals surface area contributed by atoms with E-state index in [1.165, 1.54) is 19.1 Å². The topological polar surface area (TPSA) is 26.3 Å².